The van der Waals surface area contributed by atoms with Crippen LogP contribution in [0.5, 0.6) is 0 Å². The van der Waals surface area contributed by atoms with Gasteiger partial charge in [-0.2, -0.15) is 17.5 Å². The van der Waals surface area contributed by atoms with Gasteiger partial charge in [0.1, 0.15) is 4.99 Å². The number of hydrogen-bond donors (Lipinski definition) is 3. The van der Waals surface area contributed by atoms with E-state index in [0.717, 1.165) is 27.6 Å². The summed E-state index contributed by atoms with van der Waals surface area (Å²) in [6.45, 7) is 0.000604. The average molecular weight is 632 g/mol. The number of hydrogen-bond acceptors (Lipinski definition) is 8. The Labute approximate surface area is 243 Å². The summed E-state index contributed by atoms with van der Waals surface area (Å²) in [6.07, 6.45) is 2.43. The minimum Gasteiger partial charge on any atom is -0.389 e. The summed E-state index contributed by atoms with van der Waals surface area (Å²) in [4.78, 5) is 0.268. The zero-order valence-electron chi connectivity index (χ0n) is 20.8. The van der Waals surface area contributed by atoms with Gasteiger partial charge in [-0.05, 0) is 36.1 Å². The van der Waals surface area contributed by atoms with Crippen LogP contribution in [-0.4, -0.2) is 51.1 Å². The van der Waals surface area contributed by atoms with Gasteiger partial charge >= 0.3 is 15.5 Å². The van der Waals surface area contributed by atoms with Crippen LogP contribution in [0.2, 0.25) is 0 Å². The van der Waals surface area contributed by atoms with Crippen LogP contribution in [0.4, 0.5) is 23.4 Å². The van der Waals surface area contributed by atoms with Crippen molar-refractivity contribution in [1.82, 2.24) is 19.1 Å². The third-order valence-electron chi connectivity index (χ3n) is 6.69. The van der Waals surface area contributed by atoms with Gasteiger partial charge in [0.15, 0.2) is 0 Å². The van der Waals surface area contributed by atoms with Gasteiger partial charge in [0.05, 0.1) is 0 Å². The molecule has 1 aliphatic rings. The molecule has 0 amide bonds. The number of aromatic nitrogens is 3. The molecule has 16 heteroatoms. The maximum Gasteiger partial charge on any atom is 0.511 e. The highest BCUT2D eigenvalue weighted by Gasteiger charge is 2.50. The standard InChI is InChI=1S/C24H24F3N7O2S3.ClH/c25-24(26,27)39(35,36)33-8-6-17(7-9-33)34-13-19(15-2-1-3-16(11-15)21(28)37)18-5-4-14(10-20(18)34)12-30-23-32-31-22(29)38-23;/h1-5,10-11,13,17H,6-9,12H2,(H2,28,37)(H2,29,31)(H,30,32);1H. The first-order valence-corrected chi connectivity index (χ1v) is 14.5. The molecular weight excluding hydrogens is 607 g/mol. The van der Waals surface area contributed by atoms with Crippen molar-refractivity contribution >= 4 is 72.1 Å². The molecule has 2 aromatic heterocycles. The molecule has 0 atom stereocenters. The lowest BCUT2D eigenvalue weighted by atomic mass is 10.0. The molecule has 1 aliphatic heterocycles. The summed E-state index contributed by atoms with van der Waals surface area (Å²) >= 11 is 6.38. The van der Waals surface area contributed by atoms with E-state index in [0.29, 0.717) is 26.7 Å². The van der Waals surface area contributed by atoms with E-state index in [-0.39, 0.29) is 49.4 Å². The fourth-order valence-electron chi connectivity index (χ4n) is 4.77. The van der Waals surface area contributed by atoms with Crippen LogP contribution in [0.3, 0.4) is 0 Å². The second kappa shape index (κ2) is 11.5. The molecule has 0 radical (unpaired) electrons. The van der Waals surface area contributed by atoms with Gasteiger partial charge in [-0.25, -0.2) is 8.42 Å². The normalized spacial score (nSPS) is 15.2. The highest BCUT2D eigenvalue weighted by Crippen LogP contribution is 2.38. The number of nitrogens with two attached hydrogens (primary N) is 2. The summed E-state index contributed by atoms with van der Waals surface area (Å²) in [5.74, 6) is 0. The molecule has 0 bridgehead atoms. The van der Waals surface area contributed by atoms with Crippen LogP contribution in [-0.2, 0) is 16.6 Å². The maximum absolute atomic E-state index is 13.1. The third kappa shape index (κ3) is 5.88. The second-order valence-electron chi connectivity index (χ2n) is 9.13. The Hall–Kier alpha value is -2.98. The predicted octanol–water partition coefficient (Wildman–Crippen LogP) is 4.90. The fraction of sp³-hybridized carbons (Fsp3) is 0.292. The monoisotopic (exact) mass is 631 g/mol. The van der Waals surface area contributed by atoms with Crippen molar-refractivity contribution in [2.45, 2.75) is 30.9 Å². The Morgan fingerprint density at radius 2 is 1.88 bits per heavy atom. The predicted molar refractivity (Wildman–Crippen MR) is 157 cm³/mol. The Morgan fingerprint density at radius 1 is 1.15 bits per heavy atom. The molecule has 0 aliphatic carbocycles. The zero-order chi connectivity index (χ0) is 27.9. The van der Waals surface area contributed by atoms with Crippen LogP contribution >= 0.6 is 36.0 Å². The Kier molecular flexibility index (Phi) is 8.61. The number of nitrogen functional groups attached to an aromatic ring is 1. The van der Waals surface area contributed by atoms with E-state index in [1.54, 1.807) is 0 Å². The van der Waals surface area contributed by atoms with Crippen LogP contribution in [0, 0.1) is 0 Å². The van der Waals surface area contributed by atoms with Gasteiger partial charge in [0, 0.05) is 53.9 Å². The van der Waals surface area contributed by atoms with Crippen molar-refractivity contribution in [1.29, 1.82) is 0 Å². The molecule has 0 unspecified atom stereocenters. The number of nitrogens with zero attached hydrogens (tertiary/aromatic N) is 4. The van der Waals surface area contributed by atoms with Crippen molar-refractivity contribution in [3.05, 3.63) is 59.8 Å². The van der Waals surface area contributed by atoms with Gasteiger partial charge in [-0.1, -0.05) is 53.9 Å². The van der Waals surface area contributed by atoms with Crippen molar-refractivity contribution < 1.29 is 21.6 Å². The number of sulfonamides is 1. The van der Waals surface area contributed by atoms with E-state index in [4.69, 9.17) is 23.7 Å². The number of fused-ring (bicyclic) bond motifs is 1. The number of piperidine rings is 1. The SMILES string of the molecule is Cl.NC(=S)c1cccc(-c2cn(C3CCN(S(=O)(=O)C(F)(F)F)CC3)c3cc(CNc4nnc(N)s4)ccc23)c1. The lowest BCUT2D eigenvalue weighted by molar-refractivity contribution is -0.0496. The minimum atomic E-state index is -5.36. The molecule has 2 aromatic carbocycles. The number of anilines is 2. The molecule has 5 N–H and O–H groups in total. The fourth-order valence-corrected chi connectivity index (χ4v) is 6.39. The smallest absolute Gasteiger partial charge is 0.389 e. The molecule has 9 nitrogen and oxygen atoms in total. The lowest BCUT2D eigenvalue weighted by Gasteiger charge is -2.32. The van der Waals surface area contributed by atoms with Crippen LogP contribution in [0.15, 0.2) is 48.7 Å². The summed E-state index contributed by atoms with van der Waals surface area (Å²) < 4.78 is 65.7. The molecule has 4 aromatic rings. The molecule has 40 heavy (non-hydrogen) atoms. The molecular formula is C24H25ClF3N7O2S3. The molecule has 1 saturated heterocycles. The molecule has 1 fully saturated rings. The summed E-state index contributed by atoms with van der Waals surface area (Å²) in [5.41, 5.74) is 10.5. The van der Waals surface area contributed by atoms with Crippen molar-refractivity contribution in [3.8, 4) is 11.1 Å². The van der Waals surface area contributed by atoms with Crippen LogP contribution in [0.1, 0.15) is 30.0 Å². The van der Waals surface area contributed by atoms with E-state index in [9.17, 15) is 21.6 Å². The van der Waals surface area contributed by atoms with Gasteiger partial charge in [0.2, 0.25) is 10.3 Å². The molecule has 214 valence electrons. The van der Waals surface area contributed by atoms with Gasteiger partial charge < -0.3 is 21.4 Å². The van der Waals surface area contributed by atoms with Gasteiger partial charge in [-0.3, -0.25) is 0 Å². The first-order chi connectivity index (χ1) is 18.4. The maximum atomic E-state index is 13.1. The highest BCUT2D eigenvalue weighted by atomic mass is 35.5. The van der Waals surface area contributed by atoms with Crippen molar-refractivity contribution in [3.63, 3.8) is 0 Å². The Balaban J connectivity index is 0.00000370. The molecule has 0 spiro atoms. The van der Waals surface area contributed by atoms with Crippen LogP contribution in [0.25, 0.3) is 22.0 Å². The third-order valence-corrected chi connectivity index (χ3v) is 9.27. The minimum absolute atomic E-state index is 0. The highest BCUT2D eigenvalue weighted by molar-refractivity contribution is 7.90. The summed E-state index contributed by atoms with van der Waals surface area (Å²) in [6, 6.07) is 13.3. The van der Waals surface area contributed by atoms with Gasteiger partial charge in [-0.15, -0.1) is 22.6 Å². The van der Waals surface area contributed by atoms with E-state index in [1.165, 1.54) is 11.3 Å². The average Bonchev–Trinajstić information content (AvgIpc) is 3.50. The Morgan fingerprint density at radius 3 is 2.50 bits per heavy atom. The second-order valence-corrected chi connectivity index (χ2v) is 12.5. The largest absolute Gasteiger partial charge is 0.511 e. The number of thiocarbonyl (C=S) groups is 1. The van der Waals surface area contributed by atoms with Gasteiger partial charge in [0.25, 0.3) is 0 Å². The Bertz CT molecular complexity index is 1650. The number of halogens is 4. The number of rotatable bonds is 7. The first-order valence-electron chi connectivity index (χ1n) is 11.9. The van der Waals surface area contributed by atoms with Crippen LogP contribution < -0.4 is 16.8 Å². The number of benzene rings is 2. The molecule has 0 saturated carbocycles. The number of alkyl halides is 3. The molecule has 3 heterocycles. The zero-order valence-corrected chi connectivity index (χ0v) is 24.0. The topological polar surface area (TPSA) is 132 Å². The van der Waals surface area contributed by atoms with E-state index in [2.05, 4.69) is 15.5 Å². The van der Waals surface area contributed by atoms with E-state index < -0.39 is 15.5 Å². The summed E-state index contributed by atoms with van der Waals surface area (Å²) in [7, 11) is -5.36. The first kappa shape index (κ1) is 30.0. The van der Waals surface area contributed by atoms with E-state index in [1.807, 2.05) is 53.2 Å². The van der Waals surface area contributed by atoms with E-state index >= 15 is 0 Å². The van der Waals surface area contributed by atoms with Crippen molar-refractivity contribution in [2.24, 2.45) is 5.73 Å². The number of nitrogens with one attached hydrogen (secondary N) is 1. The quantitative estimate of drug-likeness (QED) is 0.246. The lowest BCUT2D eigenvalue weighted by Crippen LogP contribution is -2.45. The van der Waals surface area contributed by atoms with Crippen molar-refractivity contribution in [2.75, 3.05) is 24.1 Å². The summed E-state index contributed by atoms with van der Waals surface area (Å²) in [5, 5.41) is 12.8. The molecule has 5 rings (SSSR count).